The van der Waals surface area contributed by atoms with Gasteiger partial charge in [0.05, 0.1) is 0 Å². The van der Waals surface area contributed by atoms with Crippen LogP contribution in [0, 0.1) is 0 Å². The molecule has 2 atom stereocenters. The molecular weight excluding hydrogens is 236 g/mol. The summed E-state index contributed by atoms with van der Waals surface area (Å²) in [4.78, 5) is 9.36. The molecule has 0 aliphatic carbocycles. The summed E-state index contributed by atoms with van der Waals surface area (Å²) in [5, 5.41) is 3.24. The zero-order chi connectivity index (χ0) is 13.8. The van der Waals surface area contributed by atoms with Gasteiger partial charge in [0.2, 0.25) is 0 Å². The number of hydrogen-bond donors (Lipinski definition) is 1. The van der Waals surface area contributed by atoms with Crippen LogP contribution < -0.4 is 10.2 Å². The highest BCUT2D eigenvalue weighted by Gasteiger charge is 2.22. The van der Waals surface area contributed by atoms with E-state index in [1.165, 1.54) is 18.4 Å². The van der Waals surface area contributed by atoms with Crippen LogP contribution in [0.2, 0.25) is 0 Å². The quantitative estimate of drug-likeness (QED) is 0.898. The van der Waals surface area contributed by atoms with Crippen LogP contribution in [0.1, 0.15) is 31.4 Å². The number of pyridine rings is 1. The van der Waals surface area contributed by atoms with Crippen molar-refractivity contribution in [3.05, 3.63) is 23.9 Å². The number of piperidine rings is 1. The highest BCUT2D eigenvalue weighted by Crippen LogP contribution is 2.21. The van der Waals surface area contributed by atoms with E-state index in [2.05, 4.69) is 53.3 Å². The first-order valence-electron chi connectivity index (χ1n) is 7.16. The van der Waals surface area contributed by atoms with E-state index >= 15 is 0 Å². The Bertz CT molecular complexity index is 388. The Balaban J connectivity index is 2.05. The zero-order valence-electron chi connectivity index (χ0n) is 12.6. The fourth-order valence-electron chi connectivity index (χ4n) is 2.59. The third-order valence-electron chi connectivity index (χ3n) is 4.15. The summed E-state index contributed by atoms with van der Waals surface area (Å²) in [6.45, 7) is 4.36. The molecule has 1 fully saturated rings. The second-order valence-corrected chi connectivity index (χ2v) is 5.67. The summed E-state index contributed by atoms with van der Waals surface area (Å²) >= 11 is 0. The van der Waals surface area contributed by atoms with Crippen LogP contribution in [-0.2, 0) is 0 Å². The van der Waals surface area contributed by atoms with E-state index in [0.29, 0.717) is 12.1 Å². The second-order valence-electron chi connectivity index (χ2n) is 5.67. The highest BCUT2D eigenvalue weighted by atomic mass is 15.2. The third kappa shape index (κ3) is 3.45. The molecule has 0 bridgehead atoms. The topological polar surface area (TPSA) is 31.4 Å². The maximum Gasteiger partial charge on any atom is 0.128 e. The highest BCUT2D eigenvalue weighted by molar-refractivity contribution is 5.40. The van der Waals surface area contributed by atoms with E-state index in [0.717, 1.165) is 18.9 Å². The van der Waals surface area contributed by atoms with Crippen LogP contribution in [0.5, 0.6) is 0 Å². The van der Waals surface area contributed by atoms with Crippen molar-refractivity contribution in [2.24, 2.45) is 0 Å². The molecule has 1 N–H and O–H groups in total. The number of nitrogens with one attached hydrogen (secondary N) is 1. The van der Waals surface area contributed by atoms with E-state index in [-0.39, 0.29) is 0 Å². The first-order valence-corrected chi connectivity index (χ1v) is 7.16. The molecule has 1 aliphatic heterocycles. The fraction of sp³-hybridized carbons (Fsp3) is 0.667. The van der Waals surface area contributed by atoms with Gasteiger partial charge in [-0.05, 0) is 52.5 Å². The van der Waals surface area contributed by atoms with E-state index in [1.807, 2.05) is 13.2 Å². The van der Waals surface area contributed by atoms with Crippen LogP contribution >= 0.6 is 0 Å². The van der Waals surface area contributed by atoms with Gasteiger partial charge >= 0.3 is 0 Å². The summed E-state index contributed by atoms with van der Waals surface area (Å²) in [5.74, 6) is 1.11. The molecule has 4 heteroatoms. The zero-order valence-corrected chi connectivity index (χ0v) is 12.6. The fourth-order valence-corrected chi connectivity index (χ4v) is 2.59. The molecule has 0 saturated carbocycles. The van der Waals surface area contributed by atoms with Crippen molar-refractivity contribution in [1.29, 1.82) is 0 Å². The summed E-state index contributed by atoms with van der Waals surface area (Å²) in [6, 6.07) is 5.34. The molecule has 1 aromatic rings. The van der Waals surface area contributed by atoms with Crippen molar-refractivity contribution < 1.29 is 0 Å². The van der Waals surface area contributed by atoms with Gasteiger partial charge in [-0.25, -0.2) is 4.98 Å². The molecule has 4 nitrogen and oxygen atoms in total. The summed E-state index contributed by atoms with van der Waals surface area (Å²) < 4.78 is 0. The summed E-state index contributed by atoms with van der Waals surface area (Å²) in [6.07, 6.45) is 4.54. The molecule has 106 valence electrons. The predicted molar refractivity (Wildman–Crippen MR) is 80.6 cm³/mol. The lowest BCUT2D eigenvalue weighted by Crippen LogP contribution is -2.45. The molecule has 19 heavy (non-hydrogen) atoms. The molecule has 0 radical (unpaired) electrons. The van der Waals surface area contributed by atoms with Crippen molar-refractivity contribution in [2.45, 2.75) is 31.8 Å². The van der Waals surface area contributed by atoms with Crippen molar-refractivity contribution in [3.63, 3.8) is 0 Å². The monoisotopic (exact) mass is 262 g/mol. The number of rotatable bonds is 4. The maximum atomic E-state index is 4.63. The van der Waals surface area contributed by atoms with Gasteiger partial charge in [0, 0.05) is 31.4 Å². The van der Waals surface area contributed by atoms with Crippen LogP contribution in [0.4, 0.5) is 5.82 Å². The molecule has 0 aromatic carbocycles. The number of hydrogen-bond acceptors (Lipinski definition) is 4. The Morgan fingerprint density at radius 1 is 1.42 bits per heavy atom. The largest absolute Gasteiger partial charge is 0.355 e. The number of aromatic nitrogens is 1. The van der Waals surface area contributed by atoms with E-state index < -0.39 is 0 Å². The number of nitrogens with zero attached hydrogens (tertiary/aromatic N) is 3. The molecule has 0 amide bonds. The van der Waals surface area contributed by atoms with Crippen molar-refractivity contribution in [1.82, 2.24) is 15.2 Å². The lowest BCUT2D eigenvalue weighted by atomic mass is 10.0. The number of anilines is 1. The first-order chi connectivity index (χ1) is 9.11. The van der Waals surface area contributed by atoms with E-state index in [4.69, 9.17) is 0 Å². The predicted octanol–water partition coefficient (Wildman–Crippen LogP) is 1.89. The number of likely N-dealkylation sites (N-methyl/N-ethyl adjacent to an activating group) is 1. The molecule has 1 aromatic heterocycles. The SMILES string of the molecule is CNC(C)c1ccc(N2CCCC(N(C)C)C2)nc1. The molecular formula is C15H26N4. The molecule has 1 saturated heterocycles. The van der Waals surface area contributed by atoms with E-state index in [1.54, 1.807) is 0 Å². The van der Waals surface area contributed by atoms with Gasteiger partial charge in [0.25, 0.3) is 0 Å². The third-order valence-corrected chi connectivity index (χ3v) is 4.15. The standard InChI is InChI=1S/C15H26N4/c1-12(16-2)13-7-8-15(17-10-13)19-9-5-6-14(11-19)18(3)4/h7-8,10,12,14,16H,5-6,9,11H2,1-4H3. The van der Waals surface area contributed by atoms with Crippen LogP contribution in [0.3, 0.4) is 0 Å². The average Bonchev–Trinajstić information content (AvgIpc) is 2.46. The average molecular weight is 262 g/mol. The second kappa shape index (κ2) is 6.35. The Hall–Kier alpha value is -1.13. The minimum atomic E-state index is 0.359. The molecule has 2 unspecified atom stereocenters. The Kier molecular flexibility index (Phi) is 4.77. The normalized spacial score (nSPS) is 21.7. The van der Waals surface area contributed by atoms with Crippen molar-refractivity contribution >= 4 is 5.82 Å². The van der Waals surface area contributed by atoms with Gasteiger partial charge in [0.15, 0.2) is 0 Å². The van der Waals surface area contributed by atoms with Gasteiger partial charge in [-0.3, -0.25) is 0 Å². The van der Waals surface area contributed by atoms with Gasteiger partial charge < -0.3 is 15.1 Å². The molecule has 1 aliphatic rings. The van der Waals surface area contributed by atoms with E-state index in [9.17, 15) is 0 Å². The Labute approximate surface area is 116 Å². The minimum Gasteiger partial charge on any atom is -0.355 e. The van der Waals surface area contributed by atoms with Gasteiger partial charge in [0.1, 0.15) is 5.82 Å². The smallest absolute Gasteiger partial charge is 0.128 e. The maximum absolute atomic E-state index is 4.63. The minimum absolute atomic E-state index is 0.359. The first kappa shape index (κ1) is 14.3. The van der Waals surface area contributed by atoms with Crippen LogP contribution in [0.15, 0.2) is 18.3 Å². The summed E-state index contributed by atoms with van der Waals surface area (Å²) in [7, 11) is 6.31. The Morgan fingerprint density at radius 3 is 2.79 bits per heavy atom. The van der Waals surface area contributed by atoms with Crippen LogP contribution in [-0.4, -0.2) is 50.2 Å². The van der Waals surface area contributed by atoms with Crippen molar-refractivity contribution in [3.8, 4) is 0 Å². The lowest BCUT2D eigenvalue weighted by Gasteiger charge is -2.36. The molecule has 2 rings (SSSR count). The Morgan fingerprint density at radius 2 is 2.21 bits per heavy atom. The van der Waals surface area contributed by atoms with Crippen LogP contribution in [0.25, 0.3) is 0 Å². The summed E-state index contributed by atoms with van der Waals surface area (Å²) in [5.41, 5.74) is 1.24. The van der Waals surface area contributed by atoms with Gasteiger partial charge in [-0.1, -0.05) is 6.07 Å². The molecule has 2 heterocycles. The molecule has 0 spiro atoms. The van der Waals surface area contributed by atoms with Crippen molar-refractivity contribution in [2.75, 3.05) is 39.1 Å². The van der Waals surface area contributed by atoms with Gasteiger partial charge in [-0.15, -0.1) is 0 Å². The van der Waals surface area contributed by atoms with Gasteiger partial charge in [-0.2, -0.15) is 0 Å². The lowest BCUT2D eigenvalue weighted by molar-refractivity contribution is 0.257.